The van der Waals surface area contributed by atoms with E-state index in [1.54, 1.807) is 26.4 Å². The summed E-state index contributed by atoms with van der Waals surface area (Å²) < 4.78 is 10.5. The lowest BCUT2D eigenvalue weighted by Gasteiger charge is -2.10. The van der Waals surface area contributed by atoms with E-state index in [4.69, 9.17) is 9.47 Å². The zero-order valence-electron chi connectivity index (χ0n) is 12.2. The molecule has 22 heavy (non-hydrogen) atoms. The van der Waals surface area contributed by atoms with E-state index in [0.29, 0.717) is 22.1 Å². The molecule has 0 saturated heterocycles. The molecule has 0 atom stereocenters. The average molecular weight is 313 g/mol. The molecule has 0 saturated carbocycles. The predicted octanol–water partition coefficient (Wildman–Crippen LogP) is 4.20. The van der Waals surface area contributed by atoms with Gasteiger partial charge in [0.2, 0.25) is 0 Å². The van der Waals surface area contributed by atoms with Crippen molar-refractivity contribution in [3.63, 3.8) is 0 Å². The molecule has 0 unspecified atom stereocenters. The topological polar surface area (TPSA) is 51.6 Å². The number of nitrogens with zero attached hydrogens (tertiary/aromatic N) is 1. The maximum atomic E-state index is 10.3. The molecule has 0 bridgehead atoms. The zero-order chi connectivity index (χ0) is 15.5. The van der Waals surface area contributed by atoms with Gasteiger partial charge in [-0.1, -0.05) is 30.3 Å². The Bertz CT molecular complexity index is 784. The minimum atomic E-state index is 0.0881. The van der Waals surface area contributed by atoms with E-state index in [1.807, 2.05) is 35.7 Å². The number of aromatic nitrogens is 1. The van der Waals surface area contributed by atoms with E-state index in [0.717, 1.165) is 11.3 Å². The first kappa shape index (κ1) is 14.4. The van der Waals surface area contributed by atoms with Gasteiger partial charge in [-0.2, -0.15) is 0 Å². The smallest absolute Gasteiger partial charge is 0.136 e. The quantitative estimate of drug-likeness (QED) is 0.784. The van der Waals surface area contributed by atoms with Gasteiger partial charge in [0, 0.05) is 23.1 Å². The van der Waals surface area contributed by atoms with Crippen LogP contribution in [0.1, 0.15) is 0 Å². The van der Waals surface area contributed by atoms with Gasteiger partial charge in [0.05, 0.1) is 25.5 Å². The third-order valence-electron chi connectivity index (χ3n) is 3.30. The van der Waals surface area contributed by atoms with Crippen molar-refractivity contribution in [3.05, 3.63) is 47.8 Å². The fourth-order valence-corrected chi connectivity index (χ4v) is 3.09. The van der Waals surface area contributed by atoms with Crippen molar-refractivity contribution in [1.82, 2.24) is 4.98 Å². The number of phenols is 1. The Morgan fingerprint density at radius 1 is 1.05 bits per heavy atom. The van der Waals surface area contributed by atoms with E-state index in [-0.39, 0.29) is 5.75 Å². The van der Waals surface area contributed by atoms with Crippen molar-refractivity contribution in [1.29, 1.82) is 0 Å². The van der Waals surface area contributed by atoms with Crippen molar-refractivity contribution in [3.8, 4) is 39.1 Å². The molecule has 1 heterocycles. The Hall–Kier alpha value is -2.53. The molecule has 0 aliphatic heterocycles. The van der Waals surface area contributed by atoms with Gasteiger partial charge in [-0.3, -0.25) is 0 Å². The highest BCUT2D eigenvalue weighted by Crippen LogP contribution is 2.43. The first-order valence-electron chi connectivity index (χ1n) is 6.69. The van der Waals surface area contributed by atoms with E-state index in [1.165, 1.54) is 11.3 Å². The summed E-state index contributed by atoms with van der Waals surface area (Å²) in [4.78, 5) is 4.61. The minimum Gasteiger partial charge on any atom is -0.507 e. The van der Waals surface area contributed by atoms with Crippen molar-refractivity contribution >= 4 is 11.3 Å². The van der Waals surface area contributed by atoms with Crippen LogP contribution in [0.3, 0.4) is 0 Å². The molecule has 112 valence electrons. The van der Waals surface area contributed by atoms with Crippen LogP contribution in [0.4, 0.5) is 0 Å². The van der Waals surface area contributed by atoms with Gasteiger partial charge < -0.3 is 14.6 Å². The van der Waals surface area contributed by atoms with Gasteiger partial charge in [-0.15, -0.1) is 11.3 Å². The number of methoxy groups -OCH3 is 2. The number of thiazole rings is 1. The summed E-state index contributed by atoms with van der Waals surface area (Å²) in [6.45, 7) is 0. The summed E-state index contributed by atoms with van der Waals surface area (Å²) in [7, 11) is 3.11. The lowest BCUT2D eigenvalue weighted by Crippen LogP contribution is -1.91. The minimum absolute atomic E-state index is 0.0881. The van der Waals surface area contributed by atoms with Crippen LogP contribution in [0.25, 0.3) is 21.8 Å². The number of ether oxygens (including phenoxy) is 2. The first-order valence-corrected chi connectivity index (χ1v) is 7.57. The van der Waals surface area contributed by atoms with Gasteiger partial charge in [0.15, 0.2) is 0 Å². The molecule has 0 amide bonds. The number of rotatable bonds is 4. The Morgan fingerprint density at radius 2 is 1.82 bits per heavy atom. The molecule has 0 aliphatic carbocycles. The normalized spacial score (nSPS) is 10.5. The monoisotopic (exact) mass is 313 g/mol. The Morgan fingerprint density at radius 3 is 2.50 bits per heavy atom. The van der Waals surface area contributed by atoms with Crippen LogP contribution in [0.5, 0.6) is 17.2 Å². The molecule has 0 spiro atoms. The van der Waals surface area contributed by atoms with Crippen molar-refractivity contribution < 1.29 is 14.6 Å². The number of hydrogen-bond acceptors (Lipinski definition) is 5. The molecular weight excluding hydrogens is 298 g/mol. The fraction of sp³-hybridized carbons (Fsp3) is 0.118. The molecule has 3 aromatic rings. The largest absolute Gasteiger partial charge is 0.507 e. The maximum absolute atomic E-state index is 10.3. The zero-order valence-corrected chi connectivity index (χ0v) is 13.1. The van der Waals surface area contributed by atoms with E-state index in [9.17, 15) is 5.11 Å². The number of hydrogen-bond donors (Lipinski definition) is 1. The van der Waals surface area contributed by atoms with Crippen LogP contribution in [-0.2, 0) is 0 Å². The standard InChI is InChI=1S/C17H15NO3S/c1-20-12-8-14(19)16(15(9-12)21-2)17-18-13(10-22-17)11-6-4-3-5-7-11/h3-10,19H,1-2H3. The number of benzene rings is 2. The highest BCUT2D eigenvalue weighted by atomic mass is 32.1. The van der Waals surface area contributed by atoms with Gasteiger partial charge in [-0.05, 0) is 0 Å². The third-order valence-corrected chi connectivity index (χ3v) is 4.16. The summed E-state index contributed by atoms with van der Waals surface area (Å²) in [5.41, 5.74) is 2.49. The van der Waals surface area contributed by atoms with Crippen molar-refractivity contribution in [2.45, 2.75) is 0 Å². The van der Waals surface area contributed by atoms with Gasteiger partial charge in [0.25, 0.3) is 0 Å². The van der Waals surface area contributed by atoms with Gasteiger partial charge >= 0.3 is 0 Å². The highest BCUT2D eigenvalue weighted by molar-refractivity contribution is 7.13. The maximum Gasteiger partial charge on any atom is 0.136 e. The van der Waals surface area contributed by atoms with Crippen molar-refractivity contribution in [2.24, 2.45) is 0 Å². The summed E-state index contributed by atoms with van der Waals surface area (Å²) in [6.07, 6.45) is 0. The SMILES string of the molecule is COc1cc(O)c(-c2nc(-c3ccccc3)cs2)c(OC)c1. The molecule has 2 aromatic carbocycles. The number of aromatic hydroxyl groups is 1. The average Bonchev–Trinajstić information content (AvgIpc) is 3.04. The molecule has 1 aromatic heterocycles. The molecule has 0 aliphatic rings. The summed E-state index contributed by atoms with van der Waals surface area (Å²) in [5.74, 6) is 1.16. The fourth-order valence-electron chi connectivity index (χ4n) is 2.20. The molecule has 1 N–H and O–H groups in total. The highest BCUT2D eigenvalue weighted by Gasteiger charge is 2.17. The molecule has 0 fully saturated rings. The molecule has 5 heteroatoms. The van der Waals surface area contributed by atoms with E-state index in [2.05, 4.69) is 4.98 Å². The van der Waals surface area contributed by atoms with Gasteiger partial charge in [0.1, 0.15) is 22.3 Å². The summed E-state index contributed by atoms with van der Waals surface area (Å²) >= 11 is 1.46. The summed E-state index contributed by atoms with van der Waals surface area (Å²) in [6, 6.07) is 13.2. The molecule has 3 rings (SSSR count). The predicted molar refractivity (Wildman–Crippen MR) is 87.8 cm³/mol. The molecule has 0 radical (unpaired) electrons. The summed E-state index contributed by atoms with van der Waals surface area (Å²) in [5, 5.41) is 12.9. The van der Waals surface area contributed by atoms with Gasteiger partial charge in [-0.25, -0.2) is 4.98 Å². The van der Waals surface area contributed by atoms with Crippen LogP contribution in [0.2, 0.25) is 0 Å². The Kier molecular flexibility index (Phi) is 3.98. The van der Waals surface area contributed by atoms with Crippen LogP contribution >= 0.6 is 11.3 Å². The Balaban J connectivity index is 2.07. The second kappa shape index (κ2) is 6.07. The van der Waals surface area contributed by atoms with Crippen LogP contribution in [0, 0.1) is 0 Å². The van der Waals surface area contributed by atoms with E-state index < -0.39 is 0 Å². The molecule has 4 nitrogen and oxygen atoms in total. The van der Waals surface area contributed by atoms with Crippen LogP contribution in [0.15, 0.2) is 47.8 Å². The number of phenolic OH excluding ortho intramolecular Hbond substituents is 1. The van der Waals surface area contributed by atoms with E-state index >= 15 is 0 Å². The third kappa shape index (κ3) is 2.63. The van der Waals surface area contributed by atoms with Crippen LogP contribution in [-0.4, -0.2) is 24.3 Å². The Labute approximate surface area is 132 Å². The first-order chi connectivity index (χ1) is 10.7. The lowest BCUT2D eigenvalue weighted by molar-refractivity contribution is 0.386. The van der Waals surface area contributed by atoms with Crippen molar-refractivity contribution in [2.75, 3.05) is 14.2 Å². The van der Waals surface area contributed by atoms with Crippen LogP contribution < -0.4 is 9.47 Å². The second-order valence-electron chi connectivity index (χ2n) is 4.63. The molecular formula is C17H15NO3S. The lowest BCUT2D eigenvalue weighted by atomic mass is 10.1. The second-order valence-corrected chi connectivity index (χ2v) is 5.49.